The summed E-state index contributed by atoms with van der Waals surface area (Å²) in [5.74, 6) is -1.99. The fraction of sp³-hybridized carbons (Fsp3) is 0.783. The van der Waals surface area contributed by atoms with Crippen LogP contribution in [0.3, 0.4) is 0 Å². The van der Waals surface area contributed by atoms with E-state index in [-0.39, 0.29) is 31.0 Å². The molecule has 166 valence electrons. The monoisotopic (exact) mass is 422 g/mol. The van der Waals surface area contributed by atoms with E-state index in [1.807, 2.05) is 6.92 Å². The third kappa shape index (κ3) is 2.57. The number of rotatable bonds is 3. The molecule has 2 unspecified atom stereocenters. The van der Waals surface area contributed by atoms with Gasteiger partial charge in [-0.15, -0.1) is 0 Å². The molecule has 3 saturated carbocycles. The zero-order valence-electron chi connectivity index (χ0n) is 17.9. The van der Waals surface area contributed by atoms with Gasteiger partial charge in [-0.05, 0) is 50.5 Å². The number of Topliss-reactive ketones (excluding diaryl/α,β-unsaturated/α-hetero) is 1. The molecule has 0 heterocycles. The summed E-state index contributed by atoms with van der Waals surface area (Å²) < 4.78 is 21.8. The number of carbonyl (C=O) groups is 3. The van der Waals surface area contributed by atoms with Crippen molar-refractivity contribution < 1.29 is 33.7 Å². The normalized spacial score (nSPS) is 47.6. The molecule has 0 amide bonds. The first kappa shape index (κ1) is 21.6. The molecule has 0 aromatic rings. The van der Waals surface area contributed by atoms with Gasteiger partial charge in [0.15, 0.2) is 12.4 Å². The maximum Gasteiger partial charge on any atom is 0.303 e. The number of halogens is 1. The van der Waals surface area contributed by atoms with Crippen molar-refractivity contribution >= 4 is 17.5 Å². The van der Waals surface area contributed by atoms with Crippen LogP contribution in [0.1, 0.15) is 65.7 Å². The number of hydrogen-bond acceptors (Lipinski definition) is 6. The first-order valence-corrected chi connectivity index (χ1v) is 10.9. The molecular weight excluding hydrogens is 391 g/mol. The summed E-state index contributed by atoms with van der Waals surface area (Å²) in [6.45, 7) is 4.25. The van der Waals surface area contributed by atoms with Crippen molar-refractivity contribution in [3.63, 3.8) is 0 Å². The third-order valence-corrected chi connectivity index (χ3v) is 9.06. The lowest BCUT2D eigenvalue weighted by molar-refractivity contribution is -0.227. The summed E-state index contributed by atoms with van der Waals surface area (Å²) in [6.07, 6.45) is 2.45. The number of esters is 1. The van der Waals surface area contributed by atoms with E-state index in [0.29, 0.717) is 25.7 Å². The van der Waals surface area contributed by atoms with Crippen LogP contribution >= 0.6 is 0 Å². The minimum absolute atomic E-state index is 0.00553. The Bertz CT molecular complexity index is 838. The van der Waals surface area contributed by atoms with E-state index in [1.54, 1.807) is 13.0 Å². The molecule has 30 heavy (non-hydrogen) atoms. The number of carbonyl (C=O) groups excluding carboxylic acids is 3. The van der Waals surface area contributed by atoms with Gasteiger partial charge in [-0.25, -0.2) is 4.39 Å². The standard InChI is InChI=1S/C23H31FO6/c1-13(25)30-12-19(28)22(29)9-7-16-17-5-4-14-10-15(26)6-8-20(14,2)23(17,24)18(27)11-21(16,22)3/h10,16-18,27,29H,4-9,11-12H2,1-3H3/t16-,17-,18?,20-,21?,22-,23-/m0/s1. The highest BCUT2D eigenvalue weighted by Gasteiger charge is 2.74. The molecule has 0 bridgehead atoms. The Labute approximate surface area is 175 Å². The van der Waals surface area contributed by atoms with E-state index < -0.39 is 52.5 Å². The van der Waals surface area contributed by atoms with Crippen LogP contribution in [0, 0.1) is 22.7 Å². The molecule has 0 aromatic heterocycles. The van der Waals surface area contributed by atoms with E-state index in [0.717, 1.165) is 5.57 Å². The van der Waals surface area contributed by atoms with E-state index in [1.165, 1.54) is 6.92 Å². The third-order valence-electron chi connectivity index (χ3n) is 9.06. The Hall–Kier alpha value is -1.60. The smallest absolute Gasteiger partial charge is 0.303 e. The van der Waals surface area contributed by atoms with Gasteiger partial charge in [-0.1, -0.05) is 19.4 Å². The molecule has 7 atom stereocenters. The number of hydrogen-bond donors (Lipinski definition) is 2. The molecule has 0 spiro atoms. The summed E-state index contributed by atoms with van der Waals surface area (Å²) in [5, 5.41) is 22.6. The first-order chi connectivity index (χ1) is 13.9. The average Bonchev–Trinajstić information content (AvgIpc) is 2.94. The topological polar surface area (TPSA) is 101 Å². The zero-order chi connectivity index (χ0) is 22.1. The second-order valence-electron chi connectivity index (χ2n) is 10.2. The van der Waals surface area contributed by atoms with Gasteiger partial charge in [0, 0.05) is 30.1 Å². The lowest BCUT2D eigenvalue weighted by Gasteiger charge is -2.63. The lowest BCUT2D eigenvalue weighted by atomic mass is 9.44. The van der Waals surface area contributed by atoms with Gasteiger partial charge in [-0.3, -0.25) is 14.4 Å². The molecule has 6 nitrogen and oxygen atoms in total. The molecule has 2 N–H and O–H groups in total. The minimum Gasteiger partial charge on any atom is -0.458 e. The molecule has 7 heteroatoms. The fourth-order valence-corrected chi connectivity index (χ4v) is 7.32. The second-order valence-corrected chi connectivity index (χ2v) is 10.2. The largest absolute Gasteiger partial charge is 0.458 e. The van der Waals surface area contributed by atoms with Crippen LogP contribution in [0.15, 0.2) is 11.6 Å². The van der Waals surface area contributed by atoms with Gasteiger partial charge in [0.05, 0.1) is 6.10 Å². The second kappa shape index (κ2) is 6.70. The van der Waals surface area contributed by atoms with Crippen LogP contribution < -0.4 is 0 Å². The van der Waals surface area contributed by atoms with Crippen molar-refractivity contribution in [2.75, 3.05) is 6.61 Å². The lowest BCUT2D eigenvalue weighted by Crippen LogP contribution is -2.69. The van der Waals surface area contributed by atoms with Crippen LogP contribution in [0.2, 0.25) is 0 Å². The van der Waals surface area contributed by atoms with Crippen molar-refractivity contribution in [1.82, 2.24) is 0 Å². The van der Waals surface area contributed by atoms with Crippen molar-refractivity contribution in [1.29, 1.82) is 0 Å². The van der Waals surface area contributed by atoms with Gasteiger partial charge in [0.25, 0.3) is 0 Å². The van der Waals surface area contributed by atoms with E-state index in [9.17, 15) is 24.6 Å². The molecule has 0 aromatic carbocycles. The Morgan fingerprint density at radius 1 is 1.20 bits per heavy atom. The summed E-state index contributed by atoms with van der Waals surface area (Å²) in [4.78, 5) is 35.9. The number of aliphatic hydroxyl groups is 2. The molecule has 0 radical (unpaired) electrons. The Morgan fingerprint density at radius 2 is 1.90 bits per heavy atom. The summed E-state index contributed by atoms with van der Waals surface area (Å²) in [6, 6.07) is 0. The summed E-state index contributed by atoms with van der Waals surface area (Å²) in [7, 11) is 0. The molecule has 0 aliphatic heterocycles. The highest BCUT2D eigenvalue weighted by Crippen LogP contribution is 2.70. The van der Waals surface area contributed by atoms with Crippen molar-refractivity contribution in [3.8, 4) is 0 Å². The number of alkyl halides is 1. The van der Waals surface area contributed by atoms with Crippen LogP contribution in [-0.4, -0.2) is 51.7 Å². The van der Waals surface area contributed by atoms with Gasteiger partial charge >= 0.3 is 5.97 Å². The van der Waals surface area contributed by atoms with Crippen LogP contribution in [0.25, 0.3) is 0 Å². The highest BCUT2D eigenvalue weighted by molar-refractivity contribution is 5.92. The van der Waals surface area contributed by atoms with Gasteiger partial charge in [0.2, 0.25) is 5.78 Å². The van der Waals surface area contributed by atoms with Crippen LogP contribution in [0.4, 0.5) is 4.39 Å². The van der Waals surface area contributed by atoms with Crippen molar-refractivity contribution in [2.24, 2.45) is 22.7 Å². The van der Waals surface area contributed by atoms with E-state index in [2.05, 4.69) is 0 Å². The average molecular weight is 422 g/mol. The Kier molecular flexibility index (Phi) is 4.83. The number of allylic oxidation sites excluding steroid dienone is 1. The highest BCUT2D eigenvalue weighted by atomic mass is 19.1. The molecular formula is C23H31FO6. The summed E-state index contributed by atoms with van der Waals surface area (Å²) in [5.41, 5.74) is -4.83. The number of fused-ring (bicyclic) bond motifs is 5. The SMILES string of the molecule is CC(=O)OCC(=O)[C@@]1(O)CC[C@H]2[C@@H]3CCC4=CC(=O)CC[C@]4(C)[C@@]3(F)C(O)CC21C. The summed E-state index contributed by atoms with van der Waals surface area (Å²) >= 11 is 0. The van der Waals surface area contributed by atoms with Crippen LogP contribution in [-0.2, 0) is 19.1 Å². The van der Waals surface area contributed by atoms with E-state index >= 15 is 4.39 Å². The van der Waals surface area contributed by atoms with Gasteiger partial charge in [-0.2, -0.15) is 0 Å². The predicted molar refractivity (Wildman–Crippen MR) is 105 cm³/mol. The Morgan fingerprint density at radius 3 is 2.57 bits per heavy atom. The maximum atomic E-state index is 16.9. The molecule has 4 aliphatic rings. The van der Waals surface area contributed by atoms with Crippen LogP contribution in [0.5, 0.6) is 0 Å². The zero-order valence-corrected chi connectivity index (χ0v) is 17.9. The van der Waals surface area contributed by atoms with Gasteiger partial charge < -0.3 is 14.9 Å². The molecule has 4 aliphatic carbocycles. The van der Waals surface area contributed by atoms with Crippen molar-refractivity contribution in [2.45, 2.75) is 83.1 Å². The van der Waals surface area contributed by atoms with Gasteiger partial charge in [0.1, 0.15) is 11.3 Å². The molecule has 0 saturated heterocycles. The molecule has 3 fully saturated rings. The number of aliphatic hydroxyl groups excluding tert-OH is 1. The first-order valence-electron chi connectivity index (χ1n) is 10.9. The van der Waals surface area contributed by atoms with Crippen molar-refractivity contribution in [3.05, 3.63) is 11.6 Å². The Balaban J connectivity index is 1.71. The number of ketones is 2. The fourth-order valence-electron chi connectivity index (χ4n) is 7.32. The quantitative estimate of drug-likeness (QED) is 0.678. The predicted octanol–water partition coefficient (Wildman–Crippen LogP) is 2.44. The number of ether oxygens (including phenoxy) is 1. The maximum absolute atomic E-state index is 16.9. The molecule has 4 rings (SSSR count). The van der Waals surface area contributed by atoms with E-state index in [4.69, 9.17) is 4.74 Å². The minimum atomic E-state index is -1.91.